The zero-order valence-electron chi connectivity index (χ0n) is 9.34. The average molecular weight is 254 g/mol. The van der Waals surface area contributed by atoms with Crippen LogP contribution in [0.5, 0.6) is 0 Å². The highest BCUT2D eigenvalue weighted by Gasteiger charge is 2.08. The Morgan fingerprint density at radius 2 is 2.00 bits per heavy atom. The van der Waals surface area contributed by atoms with Gasteiger partial charge in [0.05, 0.1) is 11.6 Å². The molecule has 2 rings (SSSR count). The van der Waals surface area contributed by atoms with Crippen molar-refractivity contribution in [3.05, 3.63) is 45.9 Å². The van der Waals surface area contributed by atoms with E-state index in [1.165, 1.54) is 18.2 Å². The lowest BCUT2D eigenvalue weighted by molar-refractivity contribution is 0.588. The van der Waals surface area contributed by atoms with Gasteiger partial charge in [-0.2, -0.15) is 0 Å². The van der Waals surface area contributed by atoms with Gasteiger partial charge in [0.25, 0.3) is 0 Å². The van der Waals surface area contributed by atoms with E-state index in [0.717, 1.165) is 16.3 Å². The summed E-state index contributed by atoms with van der Waals surface area (Å²) < 4.78 is 26.6. The first-order valence-corrected chi connectivity index (χ1v) is 6.13. The fraction of sp³-hybridized carbons (Fsp3) is 0.250. The Labute approximate surface area is 102 Å². The molecule has 1 heterocycles. The number of para-hydroxylation sites is 1. The fourth-order valence-electron chi connectivity index (χ4n) is 1.44. The Bertz CT molecular complexity index is 491. The number of rotatable bonds is 4. The summed E-state index contributed by atoms with van der Waals surface area (Å²) in [6, 6.07) is 3.81. The second-order valence-corrected chi connectivity index (χ2v) is 4.72. The second kappa shape index (κ2) is 5.23. The summed E-state index contributed by atoms with van der Waals surface area (Å²) in [6.07, 6.45) is 2.61. The fourth-order valence-corrected chi connectivity index (χ4v) is 2.24. The SMILES string of the molecule is CCc1ncc(CNc2c(F)cccc2F)s1. The van der Waals surface area contributed by atoms with Gasteiger partial charge >= 0.3 is 0 Å². The van der Waals surface area contributed by atoms with Crippen molar-refractivity contribution in [2.45, 2.75) is 19.9 Å². The highest BCUT2D eigenvalue weighted by Crippen LogP contribution is 2.20. The Morgan fingerprint density at radius 3 is 2.59 bits per heavy atom. The molecule has 0 aliphatic carbocycles. The van der Waals surface area contributed by atoms with Gasteiger partial charge in [-0.05, 0) is 18.6 Å². The molecule has 0 radical (unpaired) electrons. The van der Waals surface area contributed by atoms with Crippen molar-refractivity contribution in [2.75, 3.05) is 5.32 Å². The molecule has 1 aromatic carbocycles. The first-order valence-electron chi connectivity index (χ1n) is 5.32. The van der Waals surface area contributed by atoms with Crippen molar-refractivity contribution in [3.63, 3.8) is 0 Å². The van der Waals surface area contributed by atoms with E-state index in [9.17, 15) is 8.78 Å². The topological polar surface area (TPSA) is 24.9 Å². The molecule has 0 saturated heterocycles. The monoisotopic (exact) mass is 254 g/mol. The summed E-state index contributed by atoms with van der Waals surface area (Å²) in [5.41, 5.74) is -0.0843. The van der Waals surface area contributed by atoms with E-state index in [2.05, 4.69) is 10.3 Å². The van der Waals surface area contributed by atoms with Crippen LogP contribution in [0.4, 0.5) is 14.5 Å². The van der Waals surface area contributed by atoms with E-state index < -0.39 is 11.6 Å². The van der Waals surface area contributed by atoms with Crippen molar-refractivity contribution in [2.24, 2.45) is 0 Å². The van der Waals surface area contributed by atoms with Crippen molar-refractivity contribution in [3.8, 4) is 0 Å². The van der Waals surface area contributed by atoms with Crippen LogP contribution in [-0.2, 0) is 13.0 Å². The Balaban J connectivity index is 2.07. The molecule has 1 aromatic heterocycles. The van der Waals surface area contributed by atoms with Gasteiger partial charge in [-0.25, -0.2) is 13.8 Å². The van der Waals surface area contributed by atoms with Crippen molar-refractivity contribution in [1.29, 1.82) is 0 Å². The Kier molecular flexibility index (Phi) is 3.68. The smallest absolute Gasteiger partial charge is 0.149 e. The largest absolute Gasteiger partial charge is 0.375 e. The van der Waals surface area contributed by atoms with Gasteiger partial charge in [0.1, 0.15) is 17.3 Å². The predicted octanol–water partition coefficient (Wildman–Crippen LogP) is 3.60. The molecule has 5 heteroatoms. The minimum absolute atomic E-state index is 0.0843. The van der Waals surface area contributed by atoms with E-state index >= 15 is 0 Å². The Hall–Kier alpha value is -1.49. The normalized spacial score (nSPS) is 10.5. The van der Waals surface area contributed by atoms with Crippen LogP contribution in [0, 0.1) is 11.6 Å². The van der Waals surface area contributed by atoms with Crippen LogP contribution in [0.25, 0.3) is 0 Å². The van der Waals surface area contributed by atoms with Gasteiger partial charge in [-0.1, -0.05) is 13.0 Å². The molecule has 1 N–H and O–H groups in total. The number of hydrogen-bond acceptors (Lipinski definition) is 3. The maximum Gasteiger partial charge on any atom is 0.149 e. The standard InChI is InChI=1S/C12H12F2N2S/c1-2-11-15-6-8(17-11)7-16-12-9(13)4-3-5-10(12)14/h3-6,16H,2,7H2,1H3. The number of thiazole rings is 1. The number of benzene rings is 1. The number of nitrogens with one attached hydrogen (secondary N) is 1. The maximum atomic E-state index is 13.3. The quantitative estimate of drug-likeness (QED) is 0.901. The number of nitrogens with zero attached hydrogens (tertiary/aromatic N) is 1. The molecule has 0 bridgehead atoms. The summed E-state index contributed by atoms with van der Waals surface area (Å²) in [7, 11) is 0. The lowest BCUT2D eigenvalue weighted by atomic mass is 10.3. The van der Waals surface area contributed by atoms with Crippen molar-refractivity contribution < 1.29 is 8.78 Å². The minimum atomic E-state index is -0.578. The van der Waals surface area contributed by atoms with Crippen LogP contribution in [0.1, 0.15) is 16.8 Å². The van der Waals surface area contributed by atoms with Crippen LogP contribution in [0.3, 0.4) is 0 Å². The first kappa shape index (κ1) is 12.0. The highest BCUT2D eigenvalue weighted by atomic mass is 32.1. The molecule has 0 spiro atoms. The molecule has 2 aromatic rings. The molecule has 0 saturated carbocycles. The van der Waals surface area contributed by atoms with E-state index in [4.69, 9.17) is 0 Å². The summed E-state index contributed by atoms with van der Waals surface area (Å²) >= 11 is 1.55. The number of aryl methyl sites for hydroxylation is 1. The molecule has 0 atom stereocenters. The van der Waals surface area contributed by atoms with Gasteiger partial charge in [-0.3, -0.25) is 0 Å². The zero-order chi connectivity index (χ0) is 12.3. The van der Waals surface area contributed by atoms with Crippen LogP contribution >= 0.6 is 11.3 Å². The van der Waals surface area contributed by atoms with Crippen LogP contribution in [0.2, 0.25) is 0 Å². The molecule has 0 aliphatic rings. The minimum Gasteiger partial charge on any atom is -0.375 e. The predicted molar refractivity (Wildman–Crippen MR) is 65.2 cm³/mol. The number of halogens is 2. The molecule has 0 amide bonds. The van der Waals surface area contributed by atoms with E-state index in [0.29, 0.717) is 6.54 Å². The molecule has 2 nitrogen and oxygen atoms in total. The number of aromatic nitrogens is 1. The lowest BCUT2D eigenvalue weighted by Crippen LogP contribution is -2.02. The van der Waals surface area contributed by atoms with E-state index in [1.807, 2.05) is 6.92 Å². The van der Waals surface area contributed by atoms with Crippen molar-refractivity contribution in [1.82, 2.24) is 4.98 Å². The summed E-state index contributed by atoms with van der Waals surface area (Å²) in [5.74, 6) is -1.16. The van der Waals surface area contributed by atoms with Crippen LogP contribution in [-0.4, -0.2) is 4.98 Å². The number of hydrogen-bond donors (Lipinski definition) is 1. The molecule has 17 heavy (non-hydrogen) atoms. The molecule has 0 unspecified atom stereocenters. The third-order valence-corrected chi connectivity index (χ3v) is 3.45. The Morgan fingerprint density at radius 1 is 1.29 bits per heavy atom. The third kappa shape index (κ3) is 2.79. The highest BCUT2D eigenvalue weighted by molar-refractivity contribution is 7.11. The van der Waals surface area contributed by atoms with E-state index in [-0.39, 0.29) is 5.69 Å². The molecule has 0 fully saturated rings. The molecular weight excluding hydrogens is 242 g/mol. The molecule has 90 valence electrons. The van der Waals surface area contributed by atoms with Crippen molar-refractivity contribution >= 4 is 17.0 Å². The average Bonchev–Trinajstić information content (AvgIpc) is 2.76. The zero-order valence-corrected chi connectivity index (χ0v) is 10.2. The van der Waals surface area contributed by atoms with Gasteiger partial charge < -0.3 is 5.32 Å². The lowest BCUT2D eigenvalue weighted by Gasteiger charge is -2.06. The summed E-state index contributed by atoms with van der Waals surface area (Å²) in [6.45, 7) is 2.40. The third-order valence-electron chi connectivity index (χ3n) is 2.31. The molecule has 0 aliphatic heterocycles. The number of anilines is 1. The van der Waals surface area contributed by atoms with Gasteiger partial charge in [0, 0.05) is 11.1 Å². The summed E-state index contributed by atoms with van der Waals surface area (Å²) in [5, 5.41) is 3.78. The first-order chi connectivity index (χ1) is 8.20. The maximum absolute atomic E-state index is 13.3. The molecular formula is C12H12F2N2S. The summed E-state index contributed by atoms with van der Waals surface area (Å²) in [4.78, 5) is 5.15. The van der Waals surface area contributed by atoms with Crippen LogP contribution < -0.4 is 5.32 Å². The van der Waals surface area contributed by atoms with Gasteiger partial charge in [0.15, 0.2) is 0 Å². The van der Waals surface area contributed by atoms with E-state index in [1.54, 1.807) is 17.5 Å². The van der Waals surface area contributed by atoms with Gasteiger partial charge in [-0.15, -0.1) is 11.3 Å². The second-order valence-electron chi connectivity index (χ2n) is 3.52. The van der Waals surface area contributed by atoms with Gasteiger partial charge in [0.2, 0.25) is 0 Å². The van der Waals surface area contributed by atoms with Crippen LogP contribution in [0.15, 0.2) is 24.4 Å².